The zero-order chi connectivity index (χ0) is 15.7. The van der Waals surface area contributed by atoms with E-state index in [1.54, 1.807) is 12.1 Å². The molecule has 2 rings (SSSR count). The molecule has 0 saturated heterocycles. The predicted octanol–water partition coefficient (Wildman–Crippen LogP) is 3.75. The summed E-state index contributed by atoms with van der Waals surface area (Å²) in [5.74, 6) is 1.03. The van der Waals surface area contributed by atoms with Crippen molar-refractivity contribution in [2.45, 2.75) is 20.5 Å². The van der Waals surface area contributed by atoms with Crippen molar-refractivity contribution in [2.75, 3.05) is 12.8 Å². The van der Waals surface area contributed by atoms with Gasteiger partial charge in [-0.3, -0.25) is 0 Å². The van der Waals surface area contributed by atoms with Crippen molar-refractivity contribution in [1.82, 2.24) is 0 Å². The molecular formula is C17H20N2O2. The number of hydrogen-bond donors (Lipinski definition) is 1. The van der Waals surface area contributed by atoms with Gasteiger partial charge in [0.15, 0.2) is 11.5 Å². The van der Waals surface area contributed by atoms with E-state index in [4.69, 9.17) is 20.5 Å². The molecule has 0 amide bonds. The van der Waals surface area contributed by atoms with E-state index in [2.05, 4.69) is 0 Å². The maximum atomic E-state index is 8.91. The maximum Gasteiger partial charge on any atom is 0.163 e. The topological polar surface area (TPSA) is 68.3 Å². The summed E-state index contributed by atoms with van der Waals surface area (Å²) >= 11 is 0. The van der Waals surface area contributed by atoms with E-state index in [0.29, 0.717) is 29.4 Å². The van der Waals surface area contributed by atoms with Gasteiger partial charge in [-0.25, -0.2) is 0 Å². The van der Waals surface area contributed by atoms with E-state index in [0.717, 1.165) is 5.56 Å². The van der Waals surface area contributed by atoms with Crippen LogP contribution in [0.4, 0.5) is 5.69 Å². The molecule has 2 aromatic carbocycles. The van der Waals surface area contributed by atoms with Crippen LogP contribution in [-0.4, -0.2) is 7.11 Å². The molecule has 0 spiro atoms. The Kier molecular flexibility index (Phi) is 6.62. The van der Waals surface area contributed by atoms with Crippen LogP contribution in [0.1, 0.15) is 25.0 Å². The molecule has 0 bridgehead atoms. The minimum Gasteiger partial charge on any atom is -0.493 e. The summed E-state index contributed by atoms with van der Waals surface area (Å²) in [6.07, 6.45) is 0. The minimum atomic E-state index is 0.379. The smallest absolute Gasteiger partial charge is 0.163 e. The zero-order valence-electron chi connectivity index (χ0n) is 12.6. The Labute approximate surface area is 125 Å². The molecule has 0 aliphatic carbocycles. The van der Waals surface area contributed by atoms with Crippen LogP contribution in [0, 0.1) is 11.3 Å². The van der Waals surface area contributed by atoms with Gasteiger partial charge in [-0.05, 0) is 5.56 Å². The summed E-state index contributed by atoms with van der Waals surface area (Å²) < 4.78 is 10.9. The third-order valence-corrected chi connectivity index (χ3v) is 2.69. The number of nitrogens with two attached hydrogens (primary N) is 1. The normalized spacial score (nSPS) is 9.05. The molecule has 0 heterocycles. The van der Waals surface area contributed by atoms with Crippen molar-refractivity contribution in [3.63, 3.8) is 0 Å². The van der Waals surface area contributed by atoms with Crippen LogP contribution in [0.25, 0.3) is 0 Å². The lowest BCUT2D eigenvalue weighted by Gasteiger charge is -2.12. The lowest BCUT2D eigenvalue weighted by molar-refractivity contribution is 0.284. The van der Waals surface area contributed by atoms with Gasteiger partial charge in [0.25, 0.3) is 0 Å². The molecule has 4 heteroatoms. The Morgan fingerprint density at radius 3 is 2.33 bits per heavy atom. The fourth-order valence-corrected chi connectivity index (χ4v) is 1.68. The highest BCUT2D eigenvalue weighted by Gasteiger charge is 2.09. The SMILES string of the molecule is CC.COc1cc(C#N)c(N)cc1OCc1ccccc1. The quantitative estimate of drug-likeness (QED) is 0.868. The number of anilines is 1. The molecule has 0 aliphatic heterocycles. The van der Waals surface area contributed by atoms with Gasteiger partial charge in [0.1, 0.15) is 12.7 Å². The summed E-state index contributed by atoms with van der Waals surface area (Å²) in [5.41, 5.74) is 7.57. The van der Waals surface area contributed by atoms with E-state index in [1.165, 1.54) is 7.11 Å². The number of methoxy groups -OCH3 is 1. The van der Waals surface area contributed by atoms with Crippen molar-refractivity contribution in [3.8, 4) is 17.6 Å². The van der Waals surface area contributed by atoms with Crippen LogP contribution in [0.2, 0.25) is 0 Å². The Bertz CT molecular complexity index is 604. The van der Waals surface area contributed by atoms with E-state index in [9.17, 15) is 0 Å². The first-order valence-electron chi connectivity index (χ1n) is 6.79. The predicted molar refractivity (Wildman–Crippen MR) is 84.2 cm³/mol. The van der Waals surface area contributed by atoms with Crippen LogP contribution in [-0.2, 0) is 6.61 Å². The third-order valence-electron chi connectivity index (χ3n) is 2.69. The molecular weight excluding hydrogens is 264 g/mol. The number of nitrogen functional groups attached to an aromatic ring is 1. The molecule has 0 aliphatic rings. The molecule has 0 atom stereocenters. The van der Waals surface area contributed by atoms with Gasteiger partial charge in [-0.1, -0.05) is 44.2 Å². The van der Waals surface area contributed by atoms with E-state index >= 15 is 0 Å². The molecule has 110 valence electrons. The first-order chi connectivity index (χ1) is 10.2. The van der Waals surface area contributed by atoms with Crippen molar-refractivity contribution in [2.24, 2.45) is 0 Å². The van der Waals surface area contributed by atoms with Gasteiger partial charge in [0.05, 0.1) is 18.4 Å². The Balaban J connectivity index is 0.00000106. The second-order valence-electron chi connectivity index (χ2n) is 3.98. The minimum absolute atomic E-state index is 0.379. The molecule has 0 radical (unpaired) electrons. The van der Waals surface area contributed by atoms with Crippen LogP contribution in [0.5, 0.6) is 11.5 Å². The Morgan fingerprint density at radius 2 is 1.76 bits per heavy atom. The summed E-state index contributed by atoms with van der Waals surface area (Å²) in [5, 5.41) is 8.91. The fourth-order valence-electron chi connectivity index (χ4n) is 1.68. The maximum absolute atomic E-state index is 8.91. The third kappa shape index (κ3) is 4.43. The fraction of sp³-hybridized carbons (Fsp3) is 0.235. The molecule has 0 aromatic heterocycles. The van der Waals surface area contributed by atoms with Gasteiger partial charge in [0.2, 0.25) is 0 Å². The summed E-state index contributed by atoms with van der Waals surface area (Å²) in [6.45, 7) is 4.42. The van der Waals surface area contributed by atoms with Gasteiger partial charge < -0.3 is 15.2 Å². The van der Waals surface area contributed by atoms with E-state index in [-0.39, 0.29) is 0 Å². The highest BCUT2D eigenvalue weighted by Crippen LogP contribution is 2.32. The zero-order valence-corrected chi connectivity index (χ0v) is 12.6. The highest BCUT2D eigenvalue weighted by molar-refractivity contribution is 5.62. The molecule has 4 nitrogen and oxygen atoms in total. The number of rotatable bonds is 4. The number of hydrogen-bond acceptors (Lipinski definition) is 4. The number of ether oxygens (including phenoxy) is 2. The second kappa shape index (κ2) is 8.49. The van der Waals surface area contributed by atoms with Crippen LogP contribution in [0.3, 0.4) is 0 Å². The molecule has 2 aromatic rings. The summed E-state index contributed by atoms with van der Waals surface area (Å²) in [6, 6.07) is 15.0. The highest BCUT2D eigenvalue weighted by atomic mass is 16.5. The van der Waals surface area contributed by atoms with Crippen molar-refractivity contribution in [1.29, 1.82) is 5.26 Å². The van der Waals surface area contributed by atoms with Gasteiger partial charge in [-0.15, -0.1) is 0 Å². The first kappa shape index (κ1) is 16.4. The standard InChI is InChI=1S/C15H14N2O2.C2H6/c1-18-14-7-12(9-16)13(17)8-15(14)19-10-11-5-3-2-4-6-11;1-2/h2-8H,10,17H2,1H3;1-2H3. The largest absolute Gasteiger partial charge is 0.493 e. The second-order valence-corrected chi connectivity index (χ2v) is 3.98. The lowest BCUT2D eigenvalue weighted by Crippen LogP contribution is -2.00. The van der Waals surface area contributed by atoms with Crippen molar-refractivity contribution in [3.05, 3.63) is 53.6 Å². The van der Waals surface area contributed by atoms with Gasteiger partial charge >= 0.3 is 0 Å². The van der Waals surface area contributed by atoms with Crippen LogP contribution in [0.15, 0.2) is 42.5 Å². The van der Waals surface area contributed by atoms with Crippen molar-refractivity contribution < 1.29 is 9.47 Å². The first-order valence-corrected chi connectivity index (χ1v) is 6.79. The molecule has 21 heavy (non-hydrogen) atoms. The molecule has 0 unspecified atom stereocenters. The Hall–Kier alpha value is -2.67. The van der Waals surface area contributed by atoms with Gasteiger partial charge in [-0.2, -0.15) is 5.26 Å². The van der Waals surface area contributed by atoms with Crippen molar-refractivity contribution >= 4 is 5.69 Å². The number of benzene rings is 2. The van der Waals surface area contributed by atoms with Crippen LogP contribution < -0.4 is 15.2 Å². The molecule has 0 saturated carbocycles. The van der Waals surface area contributed by atoms with E-state index < -0.39 is 0 Å². The summed E-state index contributed by atoms with van der Waals surface area (Å²) in [7, 11) is 1.53. The average molecular weight is 284 g/mol. The lowest BCUT2D eigenvalue weighted by atomic mass is 10.1. The molecule has 2 N–H and O–H groups in total. The number of nitriles is 1. The molecule has 0 fully saturated rings. The van der Waals surface area contributed by atoms with E-state index in [1.807, 2.05) is 50.2 Å². The Morgan fingerprint density at radius 1 is 1.10 bits per heavy atom. The van der Waals surface area contributed by atoms with Crippen LogP contribution >= 0.6 is 0 Å². The van der Waals surface area contributed by atoms with Gasteiger partial charge in [0, 0.05) is 12.1 Å². The average Bonchev–Trinajstić information content (AvgIpc) is 2.56. The monoisotopic (exact) mass is 284 g/mol. The summed E-state index contributed by atoms with van der Waals surface area (Å²) in [4.78, 5) is 0. The number of nitrogens with zero attached hydrogens (tertiary/aromatic N) is 1.